The number of carbonyl (C=O) groups is 1. The number of ether oxygens (including phenoxy) is 16. The Balaban J connectivity index is -0.000000153. The zero-order valence-electron chi connectivity index (χ0n) is 71.3. The van der Waals surface area contributed by atoms with Gasteiger partial charge in [-0.15, -0.1) is 63.1 Å². The number of phenolic OH excluding ortho intramolecular Hbond substituents is 3. The summed E-state index contributed by atoms with van der Waals surface area (Å²) in [5.74, 6) is 6.32. The van der Waals surface area contributed by atoms with Crippen molar-refractivity contribution in [1.82, 2.24) is 0 Å². The van der Waals surface area contributed by atoms with Crippen LogP contribution in [0.2, 0.25) is 0 Å². The highest BCUT2D eigenvalue weighted by molar-refractivity contribution is 8.14. The van der Waals surface area contributed by atoms with E-state index in [1.165, 1.54) is 60.9 Å². The second-order valence-electron chi connectivity index (χ2n) is 19.0. The van der Waals surface area contributed by atoms with Gasteiger partial charge in [-0.05, 0) is 121 Å². The highest BCUT2D eigenvalue weighted by atomic mass is 32.2. The van der Waals surface area contributed by atoms with Crippen LogP contribution < -0.4 is 63.6 Å². The average molecular weight is 1720 g/mol. The molecule has 0 saturated heterocycles. The van der Waals surface area contributed by atoms with Crippen LogP contribution in [-0.2, 0) is 23.7 Å². The summed E-state index contributed by atoms with van der Waals surface area (Å²) in [6.45, 7) is 8.00. The van der Waals surface area contributed by atoms with E-state index in [0.717, 1.165) is 87.1 Å². The molecule has 0 unspecified atom stereocenters. The molecule has 0 aromatic heterocycles. The Kier molecular flexibility index (Phi) is 97.2. The predicted molar refractivity (Wildman–Crippen MR) is 482 cm³/mol. The van der Waals surface area contributed by atoms with E-state index in [1.54, 1.807) is 155 Å². The molecular formula is C83H130N2O23S6. The third kappa shape index (κ3) is 66.6. The van der Waals surface area contributed by atoms with Crippen molar-refractivity contribution in [2.24, 2.45) is 0 Å². The van der Waals surface area contributed by atoms with E-state index in [2.05, 4.69) is 86.8 Å². The van der Waals surface area contributed by atoms with Crippen LogP contribution in [0.25, 0.3) is 0 Å². The zero-order valence-corrected chi connectivity index (χ0v) is 76.6. The number of aliphatic hydroxyl groups is 3. The minimum Gasteiger partial charge on any atom is -0.504 e. The highest BCUT2D eigenvalue weighted by Gasteiger charge is 2.16. The molecule has 9 aromatic rings. The molecule has 10 N–H and O–H groups in total. The summed E-state index contributed by atoms with van der Waals surface area (Å²) >= 11 is 21.6. The Morgan fingerprint density at radius 2 is 0.544 bits per heavy atom. The molecule has 0 aliphatic heterocycles. The fourth-order valence-electron chi connectivity index (χ4n) is 6.70. The fourth-order valence-corrected chi connectivity index (χ4v) is 8.59. The normalized spacial score (nSPS) is 8.42. The molecule has 9 rings (SSSR count). The third-order valence-electron chi connectivity index (χ3n) is 10.9. The second-order valence-corrected chi connectivity index (χ2v) is 22.7. The summed E-state index contributed by atoms with van der Waals surface area (Å²) in [6.07, 6.45) is 0. The van der Waals surface area contributed by atoms with Crippen molar-refractivity contribution in [3.63, 3.8) is 0 Å². The van der Waals surface area contributed by atoms with Gasteiger partial charge in [-0.1, -0.05) is 88.4 Å². The van der Waals surface area contributed by atoms with E-state index in [9.17, 15) is 20.1 Å². The zero-order chi connectivity index (χ0) is 89.8. The Morgan fingerprint density at radius 3 is 0.798 bits per heavy atom. The van der Waals surface area contributed by atoms with Gasteiger partial charge in [-0.3, -0.25) is 4.79 Å². The van der Waals surface area contributed by atoms with Crippen LogP contribution in [0, 0.1) is 0 Å². The first-order valence-corrected chi connectivity index (χ1v) is 36.4. The lowest BCUT2D eigenvalue weighted by Gasteiger charge is -2.11. The van der Waals surface area contributed by atoms with Crippen molar-refractivity contribution in [1.29, 1.82) is 0 Å². The smallest absolute Gasteiger partial charge is 0.224 e. The molecule has 0 spiro atoms. The summed E-state index contributed by atoms with van der Waals surface area (Å²) in [7, 11) is 36.3. The minimum absolute atomic E-state index is 0.0191. The largest absolute Gasteiger partial charge is 0.504 e. The molecule has 0 saturated carbocycles. The van der Waals surface area contributed by atoms with Crippen LogP contribution in [0.3, 0.4) is 0 Å². The number of rotatable bonds is 13. The maximum absolute atomic E-state index is 12.1. The molecule has 9 aromatic carbocycles. The van der Waals surface area contributed by atoms with E-state index in [1.807, 2.05) is 149 Å². The van der Waals surface area contributed by atoms with Gasteiger partial charge in [0, 0.05) is 157 Å². The first-order valence-electron chi connectivity index (χ1n) is 33.4. The van der Waals surface area contributed by atoms with Crippen LogP contribution >= 0.6 is 74.9 Å². The number of phenols is 3. The lowest BCUT2D eigenvalue weighted by molar-refractivity contribution is 0.108. The van der Waals surface area contributed by atoms with Crippen LogP contribution in [0.1, 0.15) is 38.1 Å². The quantitative estimate of drug-likeness (QED) is 0.0290. The number of methoxy groups -OCH3 is 16. The lowest BCUT2D eigenvalue weighted by atomic mass is 10.2. The molecule has 0 fully saturated rings. The summed E-state index contributed by atoms with van der Waals surface area (Å²) in [5.41, 5.74) is 12.7. The summed E-state index contributed by atoms with van der Waals surface area (Å²) in [5, 5.41) is 49.4. The molecule has 0 heterocycles. The van der Waals surface area contributed by atoms with Crippen molar-refractivity contribution in [3.8, 4) is 80.5 Å². The maximum atomic E-state index is 12.1. The number of thiol groups is 5. The molecule has 0 atom stereocenters. The number of hydrogen-bond acceptors (Lipinski definition) is 31. The van der Waals surface area contributed by atoms with E-state index < -0.39 is 0 Å². The second kappa shape index (κ2) is 89.8. The van der Waals surface area contributed by atoms with E-state index in [-0.39, 0.29) is 28.1 Å². The number of benzene rings is 9. The van der Waals surface area contributed by atoms with Crippen LogP contribution in [-0.4, -0.2) is 206 Å². The molecule has 0 aliphatic rings. The van der Waals surface area contributed by atoms with Crippen molar-refractivity contribution in [2.75, 3.05) is 182 Å². The first kappa shape index (κ1) is 123. The number of nitrogen functional groups attached to an aromatic ring is 2. The molecule has 646 valence electrons. The fraction of sp³-hybridized carbons (Fsp3) is 0.337. The highest BCUT2D eigenvalue weighted by Crippen LogP contribution is 2.42. The van der Waals surface area contributed by atoms with Crippen LogP contribution in [0.5, 0.6) is 80.5 Å². The van der Waals surface area contributed by atoms with E-state index >= 15 is 0 Å². The predicted octanol–water partition coefficient (Wildman–Crippen LogP) is 17.4. The van der Waals surface area contributed by atoms with Gasteiger partial charge in [0.1, 0.15) is 28.7 Å². The van der Waals surface area contributed by atoms with Gasteiger partial charge in [0.2, 0.25) is 22.4 Å². The van der Waals surface area contributed by atoms with Crippen molar-refractivity contribution in [2.45, 2.75) is 57.1 Å². The molecule has 114 heavy (non-hydrogen) atoms. The van der Waals surface area contributed by atoms with Gasteiger partial charge in [0.15, 0.2) is 34.5 Å². The number of carbonyl (C=O) groups excluding carboxylic acids is 1. The number of thioether (sulfide) groups is 1. The maximum Gasteiger partial charge on any atom is 0.224 e. The van der Waals surface area contributed by atoms with Crippen LogP contribution in [0.4, 0.5) is 11.4 Å². The standard InChI is InChI=1S/C15H14O4S.C8H11NO3.C8H10O3S.C7H9NO.4C7H8OS.5C2H6O.2C2H6.3CH4O/c1-18-13-9-11(8-12(16)14(13)19-2)20-15(17)10-6-4-3-5-7-10;1-11-7-4-5(9)3-6(10)8(7)12-2;1-10-7-4-5(12)3-6(9)8(7)11-2;1-9-7-4-2-3-6(8)5-7;4*1-8-6-3-2-4-7(9)5-6;5*1-3-2;5*1-2/h3-9,16H,1-2H3;3-4,10H,9H2,1-2H3;3-4,9,12H,1-2H3;2-5H,8H2,1H3;4*2-5,9H,1H3;5*1-2H3;2*1-2H3;3*2H,1H3. The number of aromatic hydroxyl groups is 3. The SMILES string of the molecule is CC.CC.CO.CO.CO.COC.COC.COC.COC.COC.COc1cc(N)cc(O)c1OC.COc1cc(S)cc(O)c1OC.COc1cc(SC(=O)c2ccccc2)cc(O)c1OC.COc1cccc(N)c1.COc1cccc(S)c1.COc1cccc(S)c1.COc1cccc(S)c1.COc1cccc(S)c1. The van der Waals surface area contributed by atoms with Crippen molar-refractivity contribution in [3.05, 3.63) is 194 Å². The van der Waals surface area contributed by atoms with E-state index in [4.69, 9.17) is 78.9 Å². The lowest BCUT2D eigenvalue weighted by Crippen LogP contribution is -1.94. The number of anilines is 2. The van der Waals surface area contributed by atoms with Gasteiger partial charge in [0.25, 0.3) is 0 Å². The number of nitrogens with two attached hydrogens (primary N) is 2. The molecule has 0 amide bonds. The molecular weight excluding hydrogens is 1590 g/mol. The molecule has 0 bridgehead atoms. The van der Waals surface area contributed by atoms with Gasteiger partial charge >= 0.3 is 0 Å². The van der Waals surface area contributed by atoms with Crippen molar-refractivity contribution >= 4 is 91.4 Å². The van der Waals surface area contributed by atoms with Crippen molar-refractivity contribution < 1.29 is 111 Å². The number of hydrogen-bond donors (Lipinski definition) is 13. The molecule has 31 heteroatoms. The number of aliphatic hydroxyl groups excluding tert-OH is 3. The Labute approximate surface area is 711 Å². The molecule has 0 aliphatic carbocycles. The molecule has 0 radical (unpaired) electrons. The minimum atomic E-state index is -0.0998. The Morgan fingerprint density at radius 1 is 0.281 bits per heavy atom. The van der Waals surface area contributed by atoms with Gasteiger partial charge in [-0.2, -0.15) is 0 Å². The summed E-state index contributed by atoms with van der Waals surface area (Å²) < 4.78 is 75.8. The Hall–Kier alpha value is -8.77. The average Bonchev–Trinajstić information content (AvgIpc) is 0.845. The van der Waals surface area contributed by atoms with E-state index in [0.29, 0.717) is 49.8 Å². The molecule has 25 nitrogen and oxygen atoms in total. The third-order valence-corrected chi connectivity index (χ3v) is 13.1. The summed E-state index contributed by atoms with van der Waals surface area (Å²) in [4.78, 5) is 17.0. The van der Waals surface area contributed by atoms with Gasteiger partial charge < -0.3 is 118 Å². The topological polar surface area (TPSA) is 338 Å². The van der Waals surface area contributed by atoms with Crippen LogP contribution in [0.15, 0.2) is 217 Å². The van der Waals surface area contributed by atoms with Gasteiger partial charge in [0.05, 0.1) is 78.2 Å². The van der Waals surface area contributed by atoms with Gasteiger partial charge in [-0.25, -0.2) is 0 Å². The first-order chi connectivity index (χ1) is 54.7. The monoisotopic (exact) mass is 1710 g/mol. The Bertz CT molecular complexity index is 3300. The summed E-state index contributed by atoms with van der Waals surface area (Å²) in [6, 6.07) is 55.8.